The topological polar surface area (TPSA) is 43.1 Å². The predicted molar refractivity (Wildman–Crippen MR) is 65.7 cm³/mol. The van der Waals surface area contributed by atoms with E-state index in [9.17, 15) is 0 Å². The number of rotatable bonds is 2. The zero-order chi connectivity index (χ0) is 11.5. The third kappa shape index (κ3) is 2.35. The summed E-state index contributed by atoms with van der Waals surface area (Å²) in [4.78, 5) is 0. The van der Waals surface area contributed by atoms with Crippen molar-refractivity contribution in [3.8, 4) is 0 Å². The van der Waals surface area contributed by atoms with Gasteiger partial charge in [-0.25, -0.2) is 0 Å². The van der Waals surface area contributed by atoms with Crippen molar-refractivity contribution in [2.75, 3.05) is 0 Å². The highest BCUT2D eigenvalue weighted by atomic mass is 32.2. The first-order valence-electron chi connectivity index (χ1n) is 5.69. The number of aromatic nitrogens is 4. The van der Waals surface area contributed by atoms with Crippen LogP contribution >= 0.6 is 11.8 Å². The Labute approximate surface area is 99.5 Å². The summed E-state index contributed by atoms with van der Waals surface area (Å²) in [5, 5.41) is 14.3. The first kappa shape index (κ1) is 11.4. The van der Waals surface area contributed by atoms with E-state index >= 15 is 0 Å². The van der Waals surface area contributed by atoms with E-state index in [1.165, 1.54) is 12.8 Å². The molecule has 16 heavy (non-hydrogen) atoms. The SMILES string of the molecule is CC.Cc1nnc2ccc(SC3CC3)nn12. The maximum absolute atomic E-state index is 4.47. The number of hydrogen-bond donors (Lipinski definition) is 0. The van der Waals surface area contributed by atoms with Gasteiger partial charge >= 0.3 is 0 Å². The van der Waals surface area contributed by atoms with Crippen LogP contribution in [0.3, 0.4) is 0 Å². The summed E-state index contributed by atoms with van der Waals surface area (Å²) in [6, 6.07) is 3.99. The first-order chi connectivity index (χ1) is 7.83. The Bertz CT molecular complexity index is 476. The largest absolute Gasteiger partial charge is 0.197 e. The third-order valence-electron chi connectivity index (χ3n) is 2.21. The lowest BCUT2D eigenvalue weighted by Crippen LogP contribution is -1.95. The van der Waals surface area contributed by atoms with Crippen LogP contribution in [0.2, 0.25) is 0 Å². The molecule has 1 aliphatic carbocycles. The summed E-state index contributed by atoms with van der Waals surface area (Å²) in [7, 11) is 0. The number of nitrogens with zero attached hydrogens (tertiary/aromatic N) is 4. The van der Waals surface area contributed by atoms with Gasteiger partial charge in [-0.3, -0.25) is 0 Å². The molecule has 2 aromatic rings. The number of fused-ring (bicyclic) bond motifs is 1. The molecule has 2 heterocycles. The van der Waals surface area contributed by atoms with Crippen molar-refractivity contribution in [3.05, 3.63) is 18.0 Å². The molecule has 0 saturated heterocycles. The van der Waals surface area contributed by atoms with Crippen LogP contribution in [-0.2, 0) is 0 Å². The Balaban J connectivity index is 0.000000457. The molecule has 1 aliphatic rings. The maximum atomic E-state index is 4.47. The van der Waals surface area contributed by atoms with E-state index in [0.717, 1.165) is 21.7 Å². The Morgan fingerprint density at radius 2 is 2.00 bits per heavy atom. The van der Waals surface area contributed by atoms with Crippen molar-refractivity contribution < 1.29 is 0 Å². The molecule has 3 rings (SSSR count). The van der Waals surface area contributed by atoms with Crippen molar-refractivity contribution >= 4 is 17.4 Å². The van der Waals surface area contributed by atoms with Gasteiger partial charge in [0.25, 0.3) is 0 Å². The minimum atomic E-state index is 0.789. The summed E-state index contributed by atoms with van der Waals surface area (Å²) in [6.45, 7) is 5.92. The molecule has 2 aromatic heterocycles. The zero-order valence-corrected chi connectivity index (χ0v) is 10.7. The van der Waals surface area contributed by atoms with Crippen LogP contribution in [0.15, 0.2) is 17.2 Å². The van der Waals surface area contributed by atoms with Crippen molar-refractivity contribution in [1.82, 2.24) is 19.8 Å². The molecule has 0 bridgehead atoms. The van der Waals surface area contributed by atoms with E-state index in [1.807, 2.05) is 44.7 Å². The fourth-order valence-corrected chi connectivity index (χ4v) is 2.29. The quantitative estimate of drug-likeness (QED) is 0.804. The third-order valence-corrected chi connectivity index (χ3v) is 3.47. The van der Waals surface area contributed by atoms with Crippen LogP contribution in [-0.4, -0.2) is 25.1 Å². The standard InChI is InChI=1S/C9H10N4S.C2H6/c1-6-10-11-8-4-5-9(12-13(6)8)14-7-2-3-7;1-2/h4-5,7H,2-3H2,1H3;1-2H3. The van der Waals surface area contributed by atoms with Gasteiger partial charge in [0.1, 0.15) is 5.03 Å². The lowest BCUT2D eigenvalue weighted by molar-refractivity contribution is 0.818. The van der Waals surface area contributed by atoms with Gasteiger partial charge in [-0.05, 0) is 31.9 Å². The van der Waals surface area contributed by atoms with Crippen LogP contribution in [0.5, 0.6) is 0 Å². The molecule has 0 radical (unpaired) electrons. The van der Waals surface area contributed by atoms with Gasteiger partial charge in [0.15, 0.2) is 11.5 Å². The Hall–Kier alpha value is -1.10. The highest BCUT2D eigenvalue weighted by Crippen LogP contribution is 2.38. The second-order valence-corrected chi connectivity index (χ2v) is 4.83. The maximum Gasteiger partial charge on any atom is 0.177 e. The monoisotopic (exact) mass is 236 g/mol. The van der Waals surface area contributed by atoms with Gasteiger partial charge in [-0.15, -0.1) is 22.0 Å². The molecule has 0 unspecified atom stereocenters. The van der Waals surface area contributed by atoms with Crippen LogP contribution in [0, 0.1) is 6.92 Å². The molecule has 0 spiro atoms. The number of aryl methyl sites for hydroxylation is 1. The minimum Gasteiger partial charge on any atom is -0.197 e. The Morgan fingerprint density at radius 3 is 2.69 bits per heavy atom. The van der Waals surface area contributed by atoms with Crippen molar-refractivity contribution in [2.45, 2.75) is 43.9 Å². The van der Waals surface area contributed by atoms with Crippen LogP contribution in [0.1, 0.15) is 32.5 Å². The second-order valence-electron chi connectivity index (χ2n) is 3.51. The van der Waals surface area contributed by atoms with Crippen LogP contribution < -0.4 is 0 Å². The second kappa shape index (κ2) is 4.82. The van der Waals surface area contributed by atoms with Gasteiger partial charge < -0.3 is 0 Å². The molecule has 86 valence electrons. The highest BCUT2D eigenvalue weighted by Gasteiger charge is 2.23. The Kier molecular flexibility index (Phi) is 3.43. The summed E-state index contributed by atoms with van der Waals surface area (Å²) < 4.78 is 1.80. The van der Waals surface area contributed by atoms with E-state index in [1.54, 1.807) is 4.52 Å². The smallest absolute Gasteiger partial charge is 0.177 e. The average molecular weight is 236 g/mol. The van der Waals surface area contributed by atoms with E-state index in [0.29, 0.717) is 0 Å². The van der Waals surface area contributed by atoms with E-state index in [-0.39, 0.29) is 0 Å². The molecule has 0 aromatic carbocycles. The van der Waals surface area contributed by atoms with E-state index in [4.69, 9.17) is 0 Å². The number of thioether (sulfide) groups is 1. The molecule has 5 heteroatoms. The minimum absolute atomic E-state index is 0.789. The highest BCUT2D eigenvalue weighted by molar-refractivity contribution is 8.00. The summed E-state index contributed by atoms with van der Waals surface area (Å²) in [5.41, 5.74) is 0.822. The van der Waals surface area contributed by atoms with E-state index < -0.39 is 0 Å². The normalized spacial score (nSPS) is 14.7. The molecule has 0 amide bonds. The molecule has 1 fully saturated rings. The van der Waals surface area contributed by atoms with Crippen molar-refractivity contribution in [2.24, 2.45) is 0 Å². The molecule has 0 aliphatic heterocycles. The lowest BCUT2D eigenvalue weighted by Gasteiger charge is -1.98. The Morgan fingerprint density at radius 1 is 1.25 bits per heavy atom. The lowest BCUT2D eigenvalue weighted by atomic mass is 10.5. The van der Waals surface area contributed by atoms with Gasteiger partial charge in [0.05, 0.1) is 0 Å². The van der Waals surface area contributed by atoms with Crippen LogP contribution in [0.4, 0.5) is 0 Å². The molecule has 4 nitrogen and oxygen atoms in total. The van der Waals surface area contributed by atoms with Crippen molar-refractivity contribution in [3.63, 3.8) is 0 Å². The summed E-state index contributed by atoms with van der Waals surface area (Å²) >= 11 is 1.85. The molecule has 0 N–H and O–H groups in total. The molecular weight excluding hydrogens is 220 g/mol. The number of hydrogen-bond acceptors (Lipinski definition) is 4. The van der Waals surface area contributed by atoms with Gasteiger partial charge in [0, 0.05) is 5.25 Å². The van der Waals surface area contributed by atoms with Crippen molar-refractivity contribution in [1.29, 1.82) is 0 Å². The average Bonchev–Trinajstić information content (AvgIpc) is 3.06. The van der Waals surface area contributed by atoms with Gasteiger partial charge in [0.2, 0.25) is 0 Å². The molecule has 1 saturated carbocycles. The van der Waals surface area contributed by atoms with Gasteiger partial charge in [-0.2, -0.15) is 9.61 Å². The first-order valence-corrected chi connectivity index (χ1v) is 6.56. The summed E-state index contributed by atoms with van der Waals surface area (Å²) in [5.74, 6) is 0.846. The predicted octanol–water partition coefficient (Wildman–Crippen LogP) is 2.71. The van der Waals surface area contributed by atoms with Gasteiger partial charge in [-0.1, -0.05) is 13.8 Å². The van der Waals surface area contributed by atoms with Crippen LogP contribution in [0.25, 0.3) is 5.65 Å². The zero-order valence-electron chi connectivity index (χ0n) is 9.84. The summed E-state index contributed by atoms with van der Waals surface area (Å²) in [6.07, 6.45) is 2.65. The molecular formula is C11H16N4S. The fraction of sp³-hybridized carbons (Fsp3) is 0.545. The van der Waals surface area contributed by atoms with E-state index in [2.05, 4.69) is 15.3 Å². The molecule has 0 atom stereocenters. The fourth-order valence-electron chi connectivity index (χ4n) is 1.30.